The van der Waals surface area contributed by atoms with Gasteiger partial charge in [-0.3, -0.25) is 10.1 Å². The Balaban J connectivity index is 1.97. The molecule has 2 rings (SSSR count). The SMILES string of the molecule is O=C(Nc1cccc(C(=O)Cl)c1)OC1CC(F)(F)C1(F)F. The molecule has 0 saturated heterocycles. The quantitative estimate of drug-likeness (QED) is 0.681. The topological polar surface area (TPSA) is 55.4 Å². The Labute approximate surface area is 121 Å². The molecule has 1 N–H and O–H groups in total. The molecule has 0 aliphatic heterocycles. The van der Waals surface area contributed by atoms with Crippen molar-refractivity contribution in [2.75, 3.05) is 5.32 Å². The molecule has 1 aromatic rings. The predicted octanol–water partition coefficient (Wildman–Crippen LogP) is 3.66. The highest BCUT2D eigenvalue weighted by molar-refractivity contribution is 6.67. The zero-order chi connectivity index (χ0) is 15.8. The van der Waals surface area contributed by atoms with Gasteiger partial charge >= 0.3 is 17.9 Å². The van der Waals surface area contributed by atoms with Crippen LogP contribution in [0.5, 0.6) is 0 Å². The van der Waals surface area contributed by atoms with Crippen LogP contribution in [0.2, 0.25) is 0 Å². The Kier molecular flexibility index (Phi) is 3.83. The van der Waals surface area contributed by atoms with E-state index in [1.165, 1.54) is 24.3 Å². The molecule has 1 aliphatic rings. The van der Waals surface area contributed by atoms with E-state index in [2.05, 4.69) is 10.1 Å². The summed E-state index contributed by atoms with van der Waals surface area (Å²) in [6, 6.07) is 5.28. The van der Waals surface area contributed by atoms with E-state index in [9.17, 15) is 27.2 Å². The second-order valence-corrected chi connectivity index (χ2v) is 4.75. The van der Waals surface area contributed by atoms with Gasteiger partial charge in [0.2, 0.25) is 0 Å². The predicted molar refractivity (Wildman–Crippen MR) is 65.0 cm³/mol. The monoisotopic (exact) mass is 325 g/mol. The van der Waals surface area contributed by atoms with Gasteiger partial charge in [0.25, 0.3) is 5.24 Å². The first-order chi connectivity index (χ1) is 9.63. The zero-order valence-electron chi connectivity index (χ0n) is 10.2. The molecule has 1 unspecified atom stereocenters. The molecule has 0 bridgehead atoms. The van der Waals surface area contributed by atoms with Crippen molar-refractivity contribution in [3.8, 4) is 0 Å². The average molecular weight is 326 g/mol. The summed E-state index contributed by atoms with van der Waals surface area (Å²) in [5, 5.41) is 1.27. The fourth-order valence-corrected chi connectivity index (χ4v) is 1.83. The Morgan fingerprint density at radius 3 is 2.48 bits per heavy atom. The first-order valence-electron chi connectivity index (χ1n) is 5.66. The van der Waals surface area contributed by atoms with Gasteiger partial charge in [0, 0.05) is 11.3 Å². The van der Waals surface area contributed by atoms with Crippen LogP contribution in [-0.4, -0.2) is 29.3 Å². The first-order valence-corrected chi connectivity index (χ1v) is 6.04. The third-order valence-electron chi connectivity index (χ3n) is 2.92. The molecule has 21 heavy (non-hydrogen) atoms. The number of hydrogen-bond donors (Lipinski definition) is 1. The van der Waals surface area contributed by atoms with Crippen LogP contribution in [0.15, 0.2) is 24.3 Å². The highest BCUT2D eigenvalue weighted by atomic mass is 35.5. The first kappa shape index (κ1) is 15.6. The van der Waals surface area contributed by atoms with E-state index in [1.807, 2.05) is 0 Å². The van der Waals surface area contributed by atoms with Crippen LogP contribution in [0.25, 0.3) is 0 Å². The maximum Gasteiger partial charge on any atom is 0.412 e. The van der Waals surface area contributed by atoms with Crippen molar-refractivity contribution in [1.29, 1.82) is 0 Å². The van der Waals surface area contributed by atoms with Crippen LogP contribution in [0.4, 0.5) is 28.0 Å². The summed E-state index contributed by atoms with van der Waals surface area (Å²) in [6.07, 6.45) is -4.76. The van der Waals surface area contributed by atoms with Crippen LogP contribution in [0.1, 0.15) is 16.8 Å². The van der Waals surface area contributed by atoms with Gasteiger partial charge in [-0.25, -0.2) is 4.79 Å². The van der Waals surface area contributed by atoms with Gasteiger partial charge in [-0.2, -0.15) is 17.6 Å². The third-order valence-corrected chi connectivity index (χ3v) is 3.14. The lowest BCUT2D eigenvalue weighted by Crippen LogP contribution is -2.63. The summed E-state index contributed by atoms with van der Waals surface area (Å²) < 4.78 is 55.3. The molecule has 4 nitrogen and oxygen atoms in total. The molecular formula is C12H8ClF4NO3. The Morgan fingerprint density at radius 2 is 1.95 bits per heavy atom. The molecule has 0 heterocycles. The van der Waals surface area contributed by atoms with E-state index in [0.717, 1.165) is 0 Å². The fourth-order valence-electron chi connectivity index (χ4n) is 1.71. The number of anilines is 1. The van der Waals surface area contributed by atoms with Crippen LogP contribution in [-0.2, 0) is 4.74 Å². The second-order valence-electron chi connectivity index (χ2n) is 4.40. The lowest BCUT2D eigenvalue weighted by atomic mass is 9.85. The van der Waals surface area contributed by atoms with Crippen LogP contribution < -0.4 is 5.32 Å². The lowest BCUT2D eigenvalue weighted by molar-refractivity contribution is -0.328. The minimum atomic E-state index is -4.39. The largest absolute Gasteiger partial charge is 0.439 e. The Hall–Kier alpha value is -1.83. The van der Waals surface area contributed by atoms with Crippen LogP contribution in [0.3, 0.4) is 0 Å². The second kappa shape index (κ2) is 5.18. The van der Waals surface area contributed by atoms with Gasteiger partial charge in [0.15, 0.2) is 6.10 Å². The number of rotatable bonds is 3. The van der Waals surface area contributed by atoms with Crippen LogP contribution >= 0.6 is 11.6 Å². The summed E-state index contributed by atoms with van der Waals surface area (Å²) >= 11 is 5.23. The van der Waals surface area contributed by atoms with Gasteiger partial charge in [0.05, 0.1) is 6.42 Å². The normalized spacial score (nSPS) is 22.0. The molecule has 1 atom stereocenters. The zero-order valence-corrected chi connectivity index (χ0v) is 11.0. The standard InChI is InChI=1S/C12H8ClF4NO3/c13-9(19)6-2-1-3-7(4-6)18-10(20)21-8-5-11(14,15)12(8,16)17/h1-4,8H,5H2,(H,18,20). The lowest BCUT2D eigenvalue weighted by Gasteiger charge is -2.42. The molecule has 9 heteroatoms. The van der Waals surface area contributed by atoms with Crippen molar-refractivity contribution in [1.82, 2.24) is 0 Å². The summed E-state index contributed by atoms with van der Waals surface area (Å²) in [7, 11) is 0. The van der Waals surface area contributed by atoms with Crippen molar-refractivity contribution in [3.05, 3.63) is 29.8 Å². The van der Waals surface area contributed by atoms with E-state index in [1.54, 1.807) is 0 Å². The highest BCUT2D eigenvalue weighted by Gasteiger charge is 2.74. The molecule has 1 fully saturated rings. The van der Waals surface area contributed by atoms with E-state index in [4.69, 9.17) is 11.6 Å². The van der Waals surface area contributed by atoms with E-state index < -0.39 is 35.7 Å². The minimum Gasteiger partial charge on any atom is -0.439 e. The fraction of sp³-hybridized carbons (Fsp3) is 0.333. The summed E-state index contributed by atoms with van der Waals surface area (Å²) in [5.74, 6) is -8.57. The summed E-state index contributed by atoms with van der Waals surface area (Å²) in [4.78, 5) is 22.3. The summed E-state index contributed by atoms with van der Waals surface area (Å²) in [6.45, 7) is 0. The van der Waals surface area contributed by atoms with Gasteiger partial charge in [-0.1, -0.05) is 6.07 Å². The van der Waals surface area contributed by atoms with E-state index in [-0.39, 0.29) is 11.3 Å². The van der Waals surface area contributed by atoms with Crippen molar-refractivity contribution in [3.63, 3.8) is 0 Å². The number of benzene rings is 1. The Morgan fingerprint density at radius 1 is 1.29 bits per heavy atom. The molecule has 0 radical (unpaired) electrons. The molecule has 0 aromatic heterocycles. The van der Waals surface area contributed by atoms with E-state index in [0.29, 0.717) is 0 Å². The number of amides is 1. The number of nitrogens with one attached hydrogen (secondary N) is 1. The number of halogens is 5. The van der Waals surface area contributed by atoms with E-state index >= 15 is 0 Å². The number of carbonyl (C=O) groups excluding carboxylic acids is 2. The maximum absolute atomic E-state index is 12.9. The van der Waals surface area contributed by atoms with Gasteiger partial charge < -0.3 is 4.74 Å². The number of hydrogen-bond acceptors (Lipinski definition) is 3. The number of alkyl halides is 4. The smallest absolute Gasteiger partial charge is 0.412 e. The number of carbonyl (C=O) groups is 2. The van der Waals surface area contributed by atoms with Gasteiger partial charge in [0.1, 0.15) is 0 Å². The van der Waals surface area contributed by atoms with Gasteiger partial charge in [-0.05, 0) is 29.8 Å². The van der Waals surface area contributed by atoms with Crippen molar-refractivity contribution >= 4 is 28.6 Å². The molecule has 1 amide bonds. The Bertz CT molecular complexity index is 594. The molecule has 1 aliphatic carbocycles. The molecule has 1 aromatic carbocycles. The third kappa shape index (κ3) is 2.94. The molecule has 114 valence electrons. The number of ether oxygens (including phenoxy) is 1. The minimum absolute atomic E-state index is 0.0564. The average Bonchev–Trinajstić information content (AvgIpc) is 2.38. The van der Waals surface area contributed by atoms with Gasteiger partial charge in [-0.15, -0.1) is 0 Å². The van der Waals surface area contributed by atoms with Crippen molar-refractivity contribution < 1.29 is 31.9 Å². The van der Waals surface area contributed by atoms with Crippen molar-refractivity contribution in [2.24, 2.45) is 0 Å². The molecule has 1 saturated carbocycles. The molecular weight excluding hydrogens is 318 g/mol. The summed E-state index contributed by atoms with van der Waals surface area (Å²) in [5.41, 5.74) is 0.121. The van der Waals surface area contributed by atoms with Crippen molar-refractivity contribution in [2.45, 2.75) is 24.4 Å². The van der Waals surface area contributed by atoms with Crippen LogP contribution in [0, 0.1) is 0 Å². The maximum atomic E-state index is 12.9. The highest BCUT2D eigenvalue weighted by Crippen LogP contribution is 2.52. The molecule has 0 spiro atoms.